The molecule has 0 aliphatic carbocycles. The summed E-state index contributed by atoms with van der Waals surface area (Å²) in [4.78, 5) is 8.59. The SMILES string of the molecule is Clc1cc(-c2ccccn2)c(Cl)cc1-c1ccccn1. The fourth-order valence-electron chi connectivity index (χ4n) is 1.98. The first-order chi connectivity index (χ1) is 9.75. The molecular weight excluding hydrogens is 291 g/mol. The van der Waals surface area contributed by atoms with E-state index < -0.39 is 0 Å². The molecule has 0 fully saturated rings. The van der Waals surface area contributed by atoms with Gasteiger partial charge in [-0.05, 0) is 36.4 Å². The number of pyridine rings is 2. The Kier molecular flexibility index (Phi) is 3.68. The summed E-state index contributed by atoms with van der Waals surface area (Å²) in [5.41, 5.74) is 3.23. The minimum absolute atomic E-state index is 0.605. The predicted molar refractivity (Wildman–Crippen MR) is 82.9 cm³/mol. The predicted octanol–water partition coefficient (Wildman–Crippen LogP) is 5.12. The molecule has 20 heavy (non-hydrogen) atoms. The normalized spacial score (nSPS) is 10.5. The maximum absolute atomic E-state index is 6.36. The molecule has 0 saturated carbocycles. The van der Waals surface area contributed by atoms with E-state index in [1.807, 2.05) is 48.5 Å². The average Bonchev–Trinajstić information content (AvgIpc) is 2.51. The third-order valence-electron chi connectivity index (χ3n) is 2.94. The Morgan fingerprint density at radius 2 is 1.10 bits per heavy atom. The minimum atomic E-state index is 0.605. The molecule has 3 rings (SSSR count). The molecule has 2 heterocycles. The highest BCUT2D eigenvalue weighted by atomic mass is 35.5. The molecule has 0 bridgehead atoms. The molecule has 0 N–H and O–H groups in total. The molecule has 0 amide bonds. The minimum Gasteiger partial charge on any atom is -0.256 e. The first-order valence-corrected chi connectivity index (χ1v) is 6.83. The Morgan fingerprint density at radius 3 is 1.45 bits per heavy atom. The second kappa shape index (κ2) is 5.61. The van der Waals surface area contributed by atoms with Crippen molar-refractivity contribution < 1.29 is 0 Å². The van der Waals surface area contributed by atoms with Gasteiger partial charge in [0.15, 0.2) is 0 Å². The molecule has 1 aromatic carbocycles. The van der Waals surface area contributed by atoms with Crippen LogP contribution in [0, 0.1) is 0 Å². The Hall–Kier alpha value is -1.90. The number of halogens is 2. The van der Waals surface area contributed by atoms with E-state index in [1.165, 1.54) is 0 Å². The van der Waals surface area contributed by atoms with Gasteiger partial charge >= 0.3 is 0 Å². The second-order valence-electron chi connectivity index (χ2n) is 4.24. The Labute approximate surface area is 127 Å². The van der Waals surface area contributed by atoms with Crippen LogP contribution in [-0.2, 0) is 0 Å². The van der Waals surface area contributed by atoms with Crippen molar-refractivity contribution >= 4 is 23.2 Å². The molecule has 0 aliphatic heterocycles. The highest BCUT2D eigenvalue weighted by molar-refractivity contribution is 6.37. The lowest BCUT2D eigenvalue weighted by Crippen LogP contribution is -1.88. The number of hydrogen-bond acceptors (Lipinski definition) is 2. The van der Waals surface area contributed by atoms with Crippen molar-refractivity contribution in [2.24, 2.45) is 0 Å². The number of benzene rings is 1. The van der Waals surface area contributed by atoms with Gasteiger partial charge in [0.1, 0.15) is 0 Å². The molecule has 3 aromatic rings. The molecule has 2 aromatic heterocycles. The topological polar surface area (TPSA) is 25.8 Å². The molecule has 0 aliphatic rings. The maximum atomic E-state index is 6.36. The van der Waals surface area contributed by atoms with Crippen molar-refractivity contribution in [2.45, 2.75) is 0 Å². The second-order valence-corrected chi connectivity index (χ2v) is 5.06. The molecule has 0 spiro atoms. The van der Waals surface area contributed by atoms with E-state index in [0.717, 1.165) is 22.5 Å². The molecular formula is C16H10Cl2N2. The van der Waals surface area contributed by atoms with Crippen molar-refractivity contribution in [2.75, 3.05) is 0 Å². The van der Waals surface area contributed by atoms with Crippen molar-refractivity contribution in [1.29, 1.82) is 0 Å². The molecule has 0 atom stereocenters. The molecule has 0 unspecified atom stereocenters. The first kappa shape index (κ1) is 13.1. The van der Waals surface area contributed by atoms with Crippen LogP contribution in [0.15, 0.2) is 60.9 Å². The Bertz CT molecular complexity index is 663. The van der Waals surface area contributed by atoms with E-state index >= 15 is 0 Å². The van der Waals surface area contributed by atoms with Gasteiger partial charge in [0.2, 0.25) is 0 Å². The van der Waals surface area contributed by atoms with Crippen LogP contribution in [0.2, 0.25) is 10.0 Å². The maximum Gasteiger partial charge on any atom is 0.0717 e. The van der Waals surface area contributed by atoms with Crippen molar-refractivity contribution in [3.05, 3.63) is 71.0 Å². The summed E-state index contributed by atoms with van der Waals surface area (Å²) in [5, 5.41) is 1.21. The van der Waals surface area contributed by atoms with Gasteiger partial charge in [0, 0.05) is 23.5 Å². The van der Waals surface area contributed by atoms with Crippen LogP contribution in [0.1, 0.15) is 0 Å². The number of rotatable bonds is 2. The Balaban J connectivity index is 2.13. The van der Waals surface area contributed by atoms with E-state index in [-0.39, 0.29) is 0 Å². The van der Waals surface area contributed by atoms with Crippen LogP contribution in [0.25, 0.3) is 22.5 Å². The van der Waals surface area contributed by atoms with Gasteiger partial charge < -0.3 is 0 Å². The van der Waals surface area contributed by atoms with E-state index in [9.17, 15) is 0 Å². The van der Waals surface area contributed by atoms with Crippen molar-refractivity contribution in [1.82, 2.24) is 9.97 Å². The summed E-state index contributed by atoms with van der Waals surface area (Å²) >= 11 is 12.7. The van der Waals surface area contributed by atoms with Gasteiger partial charge in [-0.2, -0.15) is 0 Å². The lowest BCUT2D eigenvalue weighted by Gasteiger charge is -2.09. The lowest BCUT2D eigenvalue weighted by molar-refractivity contribution is 1.31. The van der Waals surface area contributed by atoms with Crippen LogP contribution in [0.5, 0.6) is 0 Å². The van der Waals surface area contributed by atoms with E-state index in [1.54, 1.807) is 12.4 Å². The van der Waals surface area contributed by atoms with E-state index in [4.69, 9.17) is 23.2 Å². The van der Waals surface area contributed by atoms with E-state index in [2.05, 4.69) is 9.97 Å². The molecule has 4 heteroatoms. The van der Waals surface area contributed by atoms with Crippen LogP contribution < -0.4 is 0 Å². The van der Waals surface area contributed by atoms with Gasteiger partial charge in [-0.3, -0.25) is 9.97 Å². The van der Waals surface area contributed by atoms with Gasteiger partial charge in [0.05, 0.1) is 21.4 Å². The number of nitrogens with zero attached hydrogens (tertiary/aromatic N) is 2. The van der Waals surface area contributed by atoms with E-state index in [0.29, 0.717) is 10.0 Å². The molecule has 0 saturated heterocycles. The van der Waals surface area contributed by atoms with Gasteiger partial charge in [0.25, 0.3) is 0 Å². The van der Waals surface area contributed by atoms with Crippen LogP contribution in [-0.4, -0.2) is 9.97 Å². The molecule has 0 radical (unpaired) electrons. The smallest absolute Gasteiger partial charge is 0.0717 e. The van der Waals surface area contributed by atoms with Crippen molar-refractivity contribution in [3.63, 3.8) is 0 Å². The monoisotopic (exact) mass is 300 g/mol. The largest absolute Gasteiger partial charge is 0.256 e. The summed E-state index contributed by atoms with van der Waals surface area (Å²) < 4.78 is 0. The van der Waals surface area contributed by atoms with Crippen LogP contribution >= 0.6 is 23.2 Å². The third kappa shape index (κ3) is 2.53. The van der Waals surface area contributed by atoms with Crippen LogP contribution in [0.4, 0.5) is 0 Å². The summed E-state index contributed by atoms with van der Waals surface area (Å²) in [7, 11) is 0. The quantitative estimate of drug-likeness (QED) is 0.656. The van der Waals surface area contributed by atoms with Crippen molar-refractivity contribution in [3.8, 4) is 22.5 Å². The number of hydrogen-bond donors (Lipinski definition) is 0. The zero-order chi connectivity index (χ0) is 13.9. The van der Waals surface area contributed by atoms with Gasteiger partial charge in [-0.1, -0.05) is 35.3 Å². The van der Waals surface area contributed by atoms with Gasteiger partial charge in [-0.15, -0.1) is 0 Å². The lowest BCUT2D eigenvalue weighted by atomic mass is 10.1. The summed E-state index contributed by atoms with van der Waals surface area (Å²) in [6, 6.07) is 15.0. The van der Waals surface area contributed by atoms with Crippen LogP contribution in [0.3, 0.4) is 0 Å². The standard InChI is InChI=1S/C16H10Cl2N2/c17-13-10-12(16-6-2-4-8-20-16)14(18)9-11(13)15-5-1-3-7-19-15/h1-10H. The molecule has 98 valence electrons. The summed E-state index contributed by atoms with van der Waals surface area (Å²) in [6.07, 6.45) is 3.46. The van der Waals surface area contributed by atoms with Gasteiger partial charge in [-0.25, -0.2) is 0 Å². The highest BCUT2D eigenvalue weighted by Crippen LogP contribution is 2.36. The molecule has 2 nitrogen and oxygen atoms in total. The first-order valence-electron chi connectivity index (χ1n) is 6.07. The number of aromatic nitrogens is 2. The zero-order valence-electron chi connectivity index (χ0n) is 10.4. The highest BCUT2D eigenvalue weighted by Gasteiger charge is 2.11. The summed E-state index contributed by atoms with van der Waals surface area (Å²) in [5.74, 6) is 0. The fraction of sp³-hybridized carbons (Fsp3) is 0. The third-order valence-corrected chi connectivity index (χ3v) is 3.56. The zero-order valence-corrected chi connectivity index (χ0v) is 11.9. The fourth-order valence-corrected chi connectivity index (χ4v) is 2.50. The Morgan fingerprint density at radius 1 is 0.650 bits per heavy atom. The average molecular weight is 301 g/mol. The summed E-state index contributed by atoms with van der Waals surface area (Å²) in [6.45, 7) is 0.